The van der Waals surface area contributed by atoms with Gasteiger partial charge in [-0.1, -0.05) is 75.6 Å². The third kappa shape index (κ3) is 4.86. The van der Waals surface area contributed by atoms with Crippen molar-refractivity contribution in [2.45, 2.75) is 43.9 Å². The Balaban J connectivity index is 1.40. The summed E-state index contributed by atoms with van der Waals surface area (Å²) in [6.07, 6.45) is 2.26. The molecule has 7 rings (SSSR count). The Morgan fingerprint density at radius 3 is 2.40 bits per heavy atom. The molecular formula is C37H34BrN3O7. The van der Waals surface area contributed by atoms with Crippen LogP contribution in [0.4, 0.5) is 5.69 Å². The number of carboxylic acids is 1. The number of hydrogen-bond acceptors (Lipinski definition) is 7. The van der Waals surface area contributed by atoms with Crippen molar-refractivity contribution < 1.29 is 34.2 Å². The van der Waals surface area contributed by atoms with Crippen molar-refractivity contribution in [3.05, 3.63) is 106 Å². The second kappa shape index (κ2) is 12.0. The number of imide groups is 2. The minimum Gasteiger partial charge on any atom is -0.508 e. The van der Waals surface area contributed by atoms with Gasteiger partial charge in [-0.15, -0.1) is 0 Å². The molecule has 48 heavy (non-hydrogen) atoms. The zero-order valence-corrected chi connectivity index (χ0v) is 27.7. The molecule has 3 aromatic carbocycles. The first kappa shape index (κ1) is 31.8. The highest BCUT2D eigenvalue weighted by Gasteiger charge is 2.70. The molecule has 0 radical (unpaired) electrons. The third-order valence-electron chi connectivity index (χ3n) is 10.6. The van der Waals surface area contributed by atoms with Gasteiger partial charge in [0.1, 0.15) is 5.75 Å². The number of phenols is 1. The molecule has 2 aliphatic heterocycles. The molecule has 2 heterocycles. The Labute approximate surface area is 285 Å². The smallest absolute Gasteiger partial charge is 0.303 e. The maximum absolute atomic E-state index is 15.1. The number of rotatable bonds is 8. The average molecular weight is 713 g/mol. The molecule has 2 saturated heterocycles. The van der Waals surface area contributed by atoms with Crippen LogP contribution in [0.1, 0.15) is 48.3 Å². The number of carbonyl (C=O) groups excluding carboxylic acids is 4. The van der Waals surface area contributed by atoms with E-state index in [1.165, 1.54) is 4.90 Å². The van der Waals surface area contributed by atoms with Crippen LogP contribution in [0.25, 0.3) is 0 Å². The van der Waals surface area contributed by atoms with E-state index in [4.69, 9.17) is 5.11 Å². The van der Waals surface area contributed by atoms with Gasteiger partial charge in [-0.25, -0.2) is 0 Å². The lowest BCUT2D eigenvalue weighted by Gasteiger charge is -2.50. The number of aryl methyl sites for hydroxylation is 1. The van der Waals surface area contributed by atoms with Crippen LogP contribution in [-0.2, 0) is 29.4 Å². The lowest BCUT2D eigenvalue weighted by atomic mass is 9.49. The molecule has 6 atom stereocenters. The number of nitrogens with one attached hydrogen (secondary N) is 1. The Morgan fingerprint density at radius 2 is 1.69 bits per heavy atom. The fourth-order valence-electron chi connectivity index (χ4n) is 8.52. The number of carbonyl (C=O) groups is 5. The van der Waals surface area contributed by atoms with Crippen molar-refractivity contribution in [3.8, 4) is 5.75 Å². The van der Waals surface area contributed by atoms with E-state index in [2.05, 4.69) is 21.4 Å². The number of likely N-dealkylation sites (tertiary alicyclic amines) is 1. The number of fused-ring (bicyclic) bond motifs is 4. The van der Waals surface area contributed by atoms with Crippen molar-refractivity contribution in [1.29, 1.82) is 0 Å². The van der Waals surface area contributed by atoms with Crippen molar-refractivity contribution >= 4 is 51.2 Å². The van der Waals surface area contributed by atoms with Crippen molar-refractivity contribution in [2.75, 3.05) is 12.0 Å². The Morgan fingerprint density at radius 1 is 0.958 bits per heavy atom. The summed E-state index contributed by atoms with van der Waals surface area (Å²) in [4.78, 5) is 69.8. The average Bonchev–Trinajstić information content (AvgIpc) is 3.44. The van der Waals surface area contributed by atoms with E-state index in [1.54, 1.807) is 30.3 Å². The molecule has 11 heteroatoms. The number of allylic oxidation sites excluding steroid dienone is 2. The van der Waals surface area contributed by atoms with Gasteiger partial charge in [0.25, 0.3) is 11.8 Å². The lowest BCUT2D eigenvalue weighted by Crippen LogP contribution is -2.53. The number of anilines is 1. The van der Waals surface area contributed by atoms with E-state index < -0.39 is 52.8 Å². The van der Waals surface area contributed by atoms with Crippen molar-refractivity contribution in [3.63, 3.8) is 0 Å². The zero-order chi connectivity index (χ0) is 33.9. The van der Waals surface area contributed by atoms with Gasteiger partial charge in [-0.2, -0.15) is 5.01 Å². The Hall–Kier alpha value is -4.77. The first-order valence-corrected chi connectivity index (χ1v) is 16.9. The number of aromatic hydroxyl groups is 1. The van der Waals surface area contributed by atoms with Gasteiger partial charge in [0, 0.05) is 28.9 Å². The molecule has 10 nitrogen and oxygen atoms in total. The molecule has 1 saturated carbocycles. The summed E-state index contributed by atoms with van der Waals surface area (Å²) in [5, 5.41) is 21.7. The van der Waals surface area contributed by atoms with E-state index >= 15 is 4.79 Å². The standard InChI is InChI=1S/C37H34BrN3O7/c1-20-9-12-23(13-10-20)39-41-34(46)28-19-26-24(14-15-25-31(26)35(47)40(33(25)45)17-5-8-30(43)44)32(27-18-22(38)11-16-29(27)42)37(28,36(41)48)21-6-3-2-4-7-21/h2-4,6-7,9-14,16,18,25-26,28,31-32,39,42H,5,8,15,17,19H2,1H3,(H,43,44). The SMILES string of the molecule is Cc1ccc(NN2C(=O)C3CC4C(=CCC5C(=O)N(CCCC(=O)O)C(=O)C54)C(c4cc(Br)ccc4O)C3(c3ccccc3)C2=O)cc1. The number of benzene rings is 3. The molecular weight excluding hydrogens is 678 g/mol. The Kier molecular flexibility index (Phi) is 7.98. The van der Waals surface area contributed by atoms with Crippen molar-refractivity contribution in [2.24, 2.45) is 23.7 Å². The summed E-state index contributed by atoms with van der Waals surface area (Å²) in [6.45, 7) is 1.94. The zero-order valence-electron chi connectivity index (χ0n) is 26.1. The quantitative estimate of drug-likeness (QED) is 0.211. The fourth-order valence-corrected chi connectivity index (χ4v) is 8.90. The van der Waals surface area contributed by atoms with Gasteiger partial charge >= 0.3 is 5.97 Å². The molecule has 6 unspecified atom stereocenters. The summed E-state index contributed by atoms with van der Waals surface area (Å²) in [5.74, 6) is -6.55. The van der Waals surface area contributed by atoms with Gasteiger partial charge in [0.2, 0.25) is 11.8 Å². The molecule has 3 N–H and O–H groups in total. The number of hydrazine groups is 1. The summed E-state index contributed by atoms with van der Waals surface area (Å²) in [6, 6.07) is 21.5. The van der Waals surface area contributed by atoms with E-state index in [0.29, 0.717) is 21.3 Å². The lowest BCUT2D eigenvalue weighted by molar-refractivity contribution is -0.142. The van der Waals surface area contributed by atoms with Gasteiger partial charge in [0.15, 0.2) is 0 Å². The number of aliphatic carboxylic acids is 1. The maximum atomic E-state index is 15.1. The first-order valence-electron chi connectivity index (χ1n) is 16.1. The molecule has 3 fully saturated rings. The van der Waals surface area contributed by atoms with E-state index in [0.717, 1.165) is 16.1 Å². The molecule has 4 aliphatic rings. The van der Waals surface area contributed by atoms with Gasteiger partial charge in [0.05, 0.1) is 28.9 Å². The molecule has 4 amide bonds. The number of hydrogen-bond donors (Lipinski definition) is 3. The number of phenolic OH excluding ortho intramolecular Hbond substituents is 1. The van der Waals surface area contributed by atoms with Crippen LogP contribution in [0.15, 0.2) is 88.9 Å². The van der Waals surface area contributed by atoms with Crippen LogP contribution >= 0.6 is 15.9 Å². The molecule has 0 bridgehead atoms. The summed E-state index contributed by atoms with van der Waals surface area (Å²) in [5.41, 5.74) is 4.91. The minimum absolute atomic E-state index is 0.00207. The van der Waals surface area contributed by atoms with E-state index in [-0.39, 0.29) is 49.8 Å². The van der Waals surface area contributed by atoms with Crippen LogP contribution in [0.2, 0.25) is 0 Å². The Bertz CT molecular complexity index is 1880. The van der Waals surface area contributed by atoms with E-state index in [1.807, 2.05) is 55.5 Å². The monoisotopic (exact) mass is 711 g/mol. The minimum atomic E-state index is -1.49. The highest BCUT2D eigenvalue weighted by molar-refractivity contribution is 9.10. The highest BCUT2D eigenvalue weighted by Crippen LogP contribution is 2.65. The predicted molar refractivity (Wildman–Crippen MR) is 178 cm³/mol. The number of amides is 4. The van der Waals surface area contributed by atoms with Crippen molar-refractivity contribution in [1.82, 2.24) is 9.91 Å². The summed E-state index contributed by atoms with van der Waals surface area (Å²) in [7, 11) is 0. The van der Waals surface area contributed by atoms with Gasteiger partial charge in [-0.05, 0) is 68.0 Å². The molecule has 246 valence electrons. The largest absolute Gasteiger partial charge is 0.508 e. The summed E-state index contributed by atoms with van der Waals surface area (Å²) >= 11 is 3.54. The second-order valence-electron chi connectivity index (χ2n) is 13.1. The van der Waals surface area contributed by atoms with Crippen LogP contribution in [-0.4, -0.2) is 56.3 Å². The van der Waals surface area contributed by atoms with Crippen LogP contribution in [0.5, 0.6) is 5.75 Å². The van der Waals surface area contributed by atoms with Gasteiger partial charge in [-0.3, -0.25) is 34.3 Å². The molecule has 0 aromatic heterocycles. The first-order chi connectivity index (χ1) is 23.0. The van der Waals surface area contributed by atoms with E-state index in [9.17, 15) is 24.3 Å². The topological polar surface area (TPSA) is 144 Å². The number of halogens is 1. The summed E-state index contributed by atoms with van der Waals surface area (Å²) < 4.78 is 0.662. The van der Waals surface area contributed by atoms with Crippen LogP contribution < -0.4 is 5.43 Å². The predicted octanol–water partition coefficient (Wildman–Crippen LogP) is 5.31. The molecule has 0 spiro atoms. The fraction of sp³-hybridized carbons (Fsp3) is 0.324. The maximum Gasteiger partial charge on any atom is 0.303 e. The molecule has 3 aromatic rings. The highest BCUT2D eigenvalue weighted by atomic mass is 79.9. The van der Waals surface area contributed by atoms with Crippen LogP contribution in [0.3, 0.4) is 0 Å². The normalized spacial score (nSPS) is 27.8. The van der Waals surface area contributed by atoms with Crippen LogP contribution in [0, 0.1) is 30.6 Å². The molecule has 2 aliphatic carbocycles. The number of nitrogens with zero attached hydrogens (tertiary/aromatic N) is 2. The van der Waals surface area contributed by atoms with Gasteiger partial charge < -0.3 is 10.2 Å². The third-order valence-corrected chi connectivity index (χ3v) is 11.1. The number of carboxylic acid groups (broad SMARTS) is 1. The second-order valence-corrected chi connectivity index (χ2v) is 14.0.